The van der Waals surface area contributed by atoms with Gasteiger partial charge in [0, 0.05) is 12.4 Å². The summed E-state index contributed by atoms with van der Waals surface area (Å²) < 4.78 is 9.91. The second-order valence-corrected chi connectivity index (χ2v) is 5.22. The minimum Gasteiger partial charge on any atom is -0.467 e. The lowest BCUT2D eigenvalue weighted by molar-refractivity contribution is 0.0602. The smallest absolute Gasteiger partial charge is 0.339 e. The summed E-state index contributed by atoms with van der Waals surface area (Å²) >= 11 is 0. The van der Waals surface area contributed by atoms with Crippen molar-refractivity contribution in [2.45, 2.75) is 6.54 Å². The Bertz CT molecular complexity index is 892. The predicted octanol–water partition coefficient (Wildman–Crippen LogP) is 2.72. The van der Waals surface area contributed by atoms with Crippen LogP contribution in [0.2, 0.25) is 0 Å². The second-order valence-electron chi connectivity index (χ2n) is 5.22. The maximum atomic E-state index is 12.4. The highest BCUT2D eigenvalue weighted by atomic mass is 16.5. The van der Waals surface area contributed by atoms with Crippen LogP contribution in [0.25, 0.3) is 0 Å². The van der Waals surface area contributed by atoms with Crippen LogP contribution in [0.4, 0.5) is 11.6 Å². The van der Waals surface area contributed by atoms with E-state index in [-0.39, 0.29) is 11.1 Å². The molecule has 2 heterocycles. The average molecular weight is 352 g/mol. The zero-order valence-corrected chi connectivity index (χ0v) is 13.9. The Kier molecular flexibility index (Phi) is 5.23. The molecule has 0 aliphatic rings. The molecule has 0 aliphatic heterocycles. The molecule has 1 aromatic carbocycles. The van der Waals surface area contributed by atoms with Crippen LogP contribution in [0.5, 0.6) is 0 Å². The first-order chi connectivity index (χ1) is 12.7. The van der Waals surface area contributed by atoms with Gasteiger partial charge in [-0.1, -0.05) is 12.1 Å². The van der Waals surface area contributed by atoms with E-state index >= 15 is 0 Å². The third-order valence-electron chi connectivity index (χ3n) is 3.50. The van der Waals surface area contributed by atoms with Crippen molar-refractivity contribution in [1.82, 2.24) is 9.97 Å². The topological polar surface area (TPSA) is 106 Å². The molecule has 26 heavy (non-hydrogen) atoms. The molecule has 3 rings (SSSR count). The summed E-state index contributed by atoms with van der Waals surface area (Å²) in [5.74, 6) is 0.149. The van der Waals surface area contributed by atoms with Crippen molar-refractivity contribution in [3.8, 4) is 0 Å². The molecule has 2 aromatic heterocycles. The predicted molar refractivity (Wildman–Crippen MR) is 93.8 cm³/mol. The molecule has 3 aromatic rings. The number of furan rings is 1. The van der Waals surface area contributed by atoms with Gasteiger partial charge in [0.05, 0.1) is 36.7 Å². The maximum absolute atomic E-state index is 12.4. The standard InChI is InChI=1S/C18H16N4O4/c1-25-17(24)14-6-2-3-7-15(14)22-16(23)12-9-19-18(20-10-12)21-11-13-5-4-8-26-13/h2-10H,11H2,1H3,(H,22,23)(H,19,20,21). The number of para-hydroxylation sites is 1. The zero-order valence-electron chi connectivity index (χ0n) is 13.9. The molecule has 0 spiro atoms. The maximum Gasteiger partial charge on any atom is 0.339 e. The number of rotatable bonds is 6. The lowest BCUT2D eigenvalue weighted by Gasteiger charge is -2.09. The average Bonchev–Trinajstić information content (AvgIpc) is 3.20. The van der Waals surface area contributed by atoms with Crippen LogP contribution >= 0.6 is 0 Å². The lowest BCUT2D eigenvalue weighted by atomic mass is 10.1. The molecule has 0 unspecified atom stereocenters. The number of aromatic nitrogens is 2. The summed E-state index contributed by atoms with van der Waals surface area (Å²) in [4.78, 5) is 32.3. The molecule has 0 atom stereocenters. The molecule has 0 saturated carbocycles. The van der Waals surface area contributed by atoms with Crippen LogP contribution in [-0.2, 0) is 11.3 Å². The van der Waals surface area contributed by atoms with Gasteiger partial charge < -0.3 is 19.8 Å². The summed E-state index contributed by atoms with van der Waals surface area (Å²) in [6.07, 6.45) is 4.37. The molecular formula is C18H16N4O4. The molecule has 0 bridgehead atoms. The SMILES string of the molecule is COC(=O)c1ccccc1NC(=O)c1cnc(NCc2ccco2)nc1. The normalized spacial score (nSPS) is 10.2. The molecule has 132 valence electrons. The highest BCUT2D eigenvalue weighted by molar-refractivity contribution is 6.07. The van der Waals surface area contributed by atoms with Crippen LogP contribution in [0.15, 0.2) is 59.5 Å². The van der Waals surface area contributed by atoms with Gasteiger partial charge in [-0.2, -0.15) is 0 Å². The van der Waals surface area contributed by atoms with E-state index in [1.807, 2.05) is 6.07 Å². The fourth-order valence-corrected chi connectivity index (χ4v) is 2.19. The number of ether oxygens (including phenoxy) is 1. The molecule has 0 fully saturated rings. The number of hydrogen-bond acceptors (Lipinski definition) is 7. The molecule has 1 amide bonds. The van der Waals surface area contributed by atoms with Crippen molar-refractivity contribution in [3.63, 3.8) is 0 Å². The van der Waals surface area contributed by atoms with Gasteiger partial charge in [0.25, 0.3) is 5.91 Å². The van der Waals surface area contributed by atoms with Gasteiger partial charge in [0.1, 0.15) is 5.76 Å². The van der Waals surface area contributed by atoms with Crippen molar-refractivity contribution < 1.29 is 18.7 Å². The zero-order chi connectivity index (χ0) is 18.4. The van der Waals surface area contributed by atoms with Crippen molar-refractivity contribution in [2.75, 3.05) is 17.7 Å². The lowest BCUT2D eigenvalue weighted by Crippen LogP contribution is -2.16. The van der Waals surface area contributed by atoms with Crippen LogP contribution in [-0.4, -0.2) is 29.0 Å². The Balaban J connectivity index is 1.66. The third-order valence-corrected chi connectivity index (χ3v) is 3.50. The van der Waals surface area contributed by atoms with Gasteiger partial charge in [-0.05, 0) is 24.3 Å². The summed E-state index contributed by atoms with van der Waals surface area (Å²) in [6, 6.07) is 10.2. The number of hydrogen-bond donors (Lipinski definition) is 2. The number of methoxy groups -OCH3 is 1. The van der Waals surface area contributed by atoms with E-state index in [4.69, 9.17) is 9.15 Å². The van der Waals surface area contributed by atoms with Crippen molar-refractivity contribution in [3.05, 3.63) is 71.9 Å². The minimum atomic E-state index is -0.533. The molecule has 0 saturated heterocycles. The van der Waals surface area contributed by atoms with E-state index in [0.717, 1.165) is 5.76 Å². The van der Waals surface area contributed by atoms with E-state index in [0.29, 0.717) is 18.2 Å². The third kappa shape index (κ3) is 4.04. The van der Waals surface area contributed by atoms with Gasteiger partial charge in [0.15, 0.2) is 0 Å². The van der Waals surface area contributed by atoms with E-state index in [2.05, 4.69) is 20.6 Å². The summed E-state index contributed by atoms with van der Waals surface area (Å²) in [6.45, 7) is 0.436. The Morgan fingerprint density at radius 1 is 1.12 bits per heavy atom. The first-order valence-electron chi connectivity index (χ1n) is 7.74. The number of anilines is 2. The van der Waals surface area contributed by atoms with E-state index in [9.17, 15) is 9.59 Å². The Morgan fingerprint density at radius 2 is 1.88 bits per heavy atom. The van der Waals surface area contributed by atoms with Gasteiger partial charge in [-0.15, -0.1) is 0 Å². The summed E-state index contributed by atoms with van der Waals surface area (Å²) in [5, 5.41) is 5.65. The Hall–Kier alpha value is -3.68. The number of carbonyl (C=O) groups is 2. The number of nitrogens with zero attached hydrogens (tertiary/aromatic N) is 2. The summed E-state index contributed by atoms with van der Waals surface area (Å²) in [5.41, 5.74) is 0.874. The molecular weight excluding hydrogens is 336 g/mol. The van der Waals surface area contributed by atoms with Crippen LogP contribution in [0.1, 0.15) is 26.5 Å². The first-order valence-corrected chi connectivity index (χ1v) is 7.74. The van der Waals surface area contributed by atoms with E-state index in [1.54, 1.807) is 36.6 Å². The van der Waals surface area contributed by atoms with Gasteiger partial charge in [-0.3, -0.25) is 4.79 Å². The van der Waals surface area contributed by atoms with Gasteiger partial charge >= 0.3 is 5.97 Å². The highest BCUT2D eigenvalue weighted by Gasteiger charge is 2.14. The monoisotopic (exact) mass is 352 g/mol. The van der Waals surface area contributed by atoms with Gasteiger partial charge in [-0.25, -0.2) is 14.8 Å². The molecule has 0 radical (unpaired) electrons. The highest BCUT2D eigenvalue weighted by Crippen LogP contribution is 2.17. The number of carbonyl (C=O) groups excluding carboxylic acids is 2. The van der Waals surface area contributed by atoms with Crippen LogP contribution < -0.4 is 10.6 Å². The molecule has 2 N–H and O–H groups in total. The van der Waals surface area contributed by atoms with Crippen LogP contribution in [0, 0.1) is 0 Å². The number of benzene rings is 1. The molecule has 8 nitrogen and oxygen atoms in total. The number of nitrogens with one attached hydrogen (secondary N) is 2. The Labute approximate surface area is 149 Å². The van der Waals surface area contributed by atoms with Crippen molar-refractivity contribution >= 4 is 23.5 Å². The van der Waals surface area contributed by atoms with Gasteiger partial charge in [0.2, 0.25) is 5.95 Å². The fourth-order valence-electron chi connectivity index (χ4n) is 2.19. The first kappa shape index (κ1) is 17.2. The fraction of sp³-hybridized carbons (Fsp3) is 0.111. The number of amides is 1. The van der Waals surface area contributed by atoms with E-state index < -0.39 is 11.9 Å². The number of esters is 1. The quantitative estimate of drug-likeness (QED) is 0.657. The largest absolute Gasteiger partial charge is 0.467 e. The van der Waals surface area contributed by atoms with Crippen LogP contribution in [0.3, 0.4) is 0 Å². The molecule has 8 heteroatoms. The van der Waals surface area contributed by atoms with Crippen molar-refractivity contribution in [1.29, 1.82) is 0 Å². The minimum absolute atomic E-state index is 0.258. The van der Waals surface area contributed by atoms with Crippen molar-refractivity contribution in [2.24, 2.45) is 0 Å². The van der Waals surface area contributed by atoms with E-state index in [1.165, 1.54) is 19.5 Å². The molecule has 0 aliphatic carbocycles. The second kappa shape index (κ2) is 7.93. The summed E-state index contributed by atoms with van der Waals surface area (Å²) in [7, 11) is 1.28. The Morgan fingerprint density at radius 3 is 2.58 bits per heavy atom.